The van der Waals surface area contributed by atoms with Crippen LogP contribution in [0, 0.1) is 10.8 Å². The van der Waals surface area contributed by atoms with Gasteiger partial charge in [0.1, 0.15) is 5.69 Å². The topological polar surface area (TPSA) is 118 Å². The Morgan fingerprint density at radius 1 is 1.32 bits per heavy atom. The van der Waals surface area contributed by atoms with E-state index in [0.717, 1.165) is 68.7 Å². The maximum absolute atomic E-state index is 8.69. The molecular weight excluding hydrogens is 350 g/mol. The second-order valence-electron chi connectivity index (χ2n) is 8.39. The first-order valence-corrected chi connectivity index (χ1v) is 10.1. The second-order valence-corrected chi connectivity index (χ2v) is 8.39. The third kappa shape index (κ3) is 3.46. The molecule has 1 saturated carbocycles. The molecule has 0 radical (unpaired) electrons. The van der Waals surface area contributed by atoms with Gasteiger partial charge in [-0.05, 0) is 62.6 Å². The molecule has 0 bridgehead atoms. The third-order valence-corrected chi connectivity index (χ3v) is 6.37. The molecule has 0 saturated heterocycles. The van der Waals surface area contributed by atoms with Crippen LogP contribution in [0.1, 0.15) is 62.0 Å². The number of nitrogen functional groups attached to an aromatic ring is 1. The summed E-state index contributed by atoms with van der Waals surface area (Å²) in [7, 11) is 0. The highest BCUT2D eigenvalue weighted by atomic mass is 15.2. The van der Waals surface area contributed by atoms with Crippen LogP contribution in [0.4, 0.5) is 11.5 Å². The van der Waals surface area contributed by atoms with E-state index in [1.807, 2.05) is 23.2 Å². The van der Waals surface area contributed by atoms with Crippen molar-refractivity contribution in [2.75, 3.05) is 23.7 Å². The summed E-state index contributed by atoms with van der Waals surface area (Å²) in [6, 6.07) is 3.91. The zero-order chi connectivity index (χ0) is 19.7. The van der Waals surface area contributed by atoms with Crippen molar-refractivity contribution >= 4 is 17.3 Å². The van der Waals surface area contributed by atoms with Gasteiger partial charge in [-0.3, -0.25) is 10.4 Å². The highest BCUT2D eigenvalue weighted by Crippen LogP contribution is 2.41. The molecule has 3 heterocycles. The first-order valence-electron chi connectivity index (χ1n) is 10.1. The van der Waals surface area contributed by atoms with E-state index in [1.165, 1.54) is 0 Å². The summed E-state index contributed by atoms with van der Waals surface area (Å²) in [6.45, 7) is 3.76. The Bertz CT molecular complexity index is 871. The van der Waals surface area contributed by atoms with E-state index in [9.17, 15) is 0 Å². The van der Waals surface area contributed by atoms with Crippen LogP contribution in [-0.2, 0) is 6.42 Å². The summed E-state index contributed by atoms with van der Waals surface area (Å²) in [5, 5.41) is 8.69. The van der Waals surface area contributed by atoms with Crippen molar-refractivity contribution < 1.29 is 0 Å². The van der Waals surface area contributed by atoms with Crippen LogP contribution in [0.15, 0.2) is 24.5 Å². The number of pyridine rings is 1. The Kier molecular flexibility index (Phi) is 5.02. The van der Waals surface area contributed by atoms with Crippen LogP contribution in [0.5, 0.6) is 0 Å². The Balaban J connectivity index is 1.54. The molecule has 1 fully saturated rings. The number of aryl methyl sites for hydroxylation is 1. The van der Waals surface area contributed by atoms with Crippen molar-refractivity contribution in [2.24, 2.45) is 11.1 Å². The van der Waals surface area contributed by atoms with Gasteiger partial charge in [0.25, 0.3) is 0 Å². The number of hydrogen-bond acceptors (Lipinski definition) is 6. The second kappa shape index (κ2) is 7.47. The van der Waals surface area contributed by atoms with Crippen molar-refractivity contribution in [2.45, 2.75) is 51.4 Å². The maximum atomic E-state index is 8.69. The molecule has 0 amide bonds. The van der Waals surface area contributed by atoms with Gasteiger partial charge in [-0.15, -0.1) is 0 Å². The lowest BCUT2D eigenvalue weighted by molar-refractivity contribution is 0.206. The predicted octanol–water partition coefficient (Wildman–Crippen LogP) is 2.85. The molecule has 0 aromatic carbocycles. The third-order valence-electron chi connectivity index (χ3n) is 6.37. The zero-order valence-corrected chi connectivity index (χ0v) is 16.5. The molecule has 7 heteroatoms. The number of nitrogens with two attached hydrogens (primary N) is 2. The zero-order valence-electron chi connectivity index (χ0n) is 16.5. The SMILES string of the molecule is C[C@]1(CN)CC[C@H](c2cnc(C(=N)N3CCCc4ncccc43)c(N)n2)CC1. The smallest absolute Gasteiger partial charge is 0.155 e. The summed E-state index contributed by atoms with van der Waals surface area (Å²) in [6.07, 6.45) is 9.82. The summed E-state index contributed by atoms with van der Waals surface area (Å²) < 4.78 is 0. The van der Waals surface area contributed by atoms with E-state index in [2.05, 4.69) is 21.9 Å². The van der Waals surface area contributed by atoms with Crippen molar-refractivity contribution in [3.05, 3.63) is 41.6 Å². The number of nitrogens with one attached hydrogen (secondary N) is 1. The van der Waals surface area contributed by atoms with Gasteiger partial charge in [-0.25, -0.2) is 9.97 Å². The van der Waals surface area contributed by atoms with Crippen LogP contribution in [0.25, 0.3) is 0 Å². The first-order chi connectivity index (χ1) is 13.5. The molecule has 1 aliphatic heterocycles. The van der Waals surface area contributed by atoms with E-state index in [0.29, 0.717) is 23.3 Å². The van der Waals surface area contributed by atoms with Gasteiger partial charge < -0.3 is 16.4 Å². The minimum absolute atomic E-state index is 0.243. The lowest BCUT2D eigenvalue weighted by Gasteiger charge is -2.36. The van der Waals surface area contributed by atoms with E-state index in [4.69, 9.17) is 16.9 Å². The van der Waals surface area contributed by atoms with E-state index < -0.39 is 0 Å². The highest BCUT2D eigenvalue weighted by molar-refractivity contribution is 6.09. The molecule has 4 rings (SSSR count). The summed E-state index contributed by atoms with van der Waals surface area (Å²) in [5.74, 6) is 1.01. The van der Waals surface area contributed by atoms with Crippen molar-refractivity contribution in [1.82, 2.24) is 15.0 Å². The van der Waals surface area contributed by atoms with Gasteiger partial charge in [-0.1, -0.05) is 6.92 Å². The fraction of sp³-hybridized carbons (Fsp3) is 0.524. The molecular formula is C21H29N7. The van der Waals surface area contributed by atoms with Gasteiger partial charge in [0.2, 0.25) is 0 Å². The van der Waals surface area contributed by atoms with E-state index >= 15 is 0 Å². The molecule has 2 aromatic rings. The number of rotatable bonds is 3. The number of amidine groups is 1. The number of fused-ring (bicyclic) bond motifs is 1. The molecule has 2 aromatic heterocycles. The number of nitrogens with zero attached hydrogens (tertiary/aromatic N) is 4. The van der Waals surface area contributed by atoms with Gasteiger partial charge >= 0.3 is 0 Å². The van der Waals surface area contributed by atoms with Gasteiger partial charge in [0.15, 0.2) is 11.7 Å². The lowest BCUT2D eigenvalue weighted by Crippen LogP contribution is -2.37. The van der Waals surface area contributed by atoms with Crippen molar-refractivity contribution in [3.63, 3.8) is 0 Å². The fourth-order valence-electron chi connectivity index (χ4n) is 4.36. The van der Waals surface area contributed by atoms with Gasteiger partial charge in [-0.2, -0.15) is 0 Å². The molecule has 0 atom stereocenters. The standard InChI is InChI=1S/C21H29N7/c1-21(13-22)8-6-14(7-9-21)16-12-26-18(19(23)27-16)20(24)28-11-3-4-15-17(28)5-2-10-25-15/h2,5,10,12,14,24H,3-4,6-9,11,13,22H2,1H3,(H2,23,27)/t14-,21-. The molecule has 7 nitrogen and oxygen atoms in total. The molecule has 28 heavy (non-hydrogen) atoms. The fourth-order valence-corrected chi connectivity index (χ4v) is 4.36. The quantitative estimate of drug-likeness (QED) is 0.557. The Hall–Kier alpha value is -2.54. The Morgan fingerprint density at radius 3 is 2.82 bits per heavy atom. The Labute approximate surface area is 166 Å². The summed E-state index contributed by atoms with van der Waals surface area (Å²) >= 11 is 0. The average molecular weight is 380 g/mol. The van der Waals surface area contributed by atoms with Crippen LogP contribution >= 0.6 is 0 Å². The minimum Gasteiger partial charge on any atom is -0.382 e. The molecule has 0 spiro atoms. The number of aromatic nitrogens is 3. The van der Waals surface area contributed by atoms with Gasteiger partial charge in [0, 0.05) is 24.9 Å². The molecule has 1 aliphatic carbocycles. The minimum atomic E-state index is 0.243. The summed E-state index contributed by atoms with van der Waals surface area (Å²) in [4.78, 5) is 15.6. The van der Waals surface area contributed by atoms with Crippen LogP contribution < -0.4 is 16.4 Å². The summed E-state index contributed by atoms with van der Waals surface area (Å²) in [5.41, 5.74) is 15.8. The van der Waals surface area contributed by atoms with E-state index in [-0.39, 0.29) is 5.41 Å². The van der Waals surface area contributed by atoms with Crippen LogP contribution in [-0.4, -0.2) is 33.9 Å². The molecule has 2 aliphatic rings. The van der Waals surface area contributed by atoms with Gasteiger partial charge in [0.05, 0.1) is 17.1 Å². The average Bonchev–Trinajstić information content (AvgIpc) is 2.73. The molecule has 0 unspecified atom stereocenters. The number of anilines is 2. The van der Waals surface area contributed by atoms with Crippen LogP contribution in [0.3, 0.4) is 0 Å². The largest absolute Gasteiger partial charge is 0.382 e. The number of hydrogen-bond donors (Lipinski definition) is 3. The molecule has 5 N–H and O–H groups in total. The van der Waals surface area contributed by atoms with E-state index in [1.54, 1.807) is 6.20 Å². The normalized spacial score (nSPS) is 24.6. The highest BCUT2D eigenvalue weighted by Gasteiger charge is 2.32. The Morgan fingerprint density at radius 2 is 2.11 bits per heavy atom. The first kappa shape index (κ1) is 18.8. The monoisotopic (exact) mass is 379 g/mol. The van der Waals surface area contributed by atoms with Crippen molar-refractivity contribution in [3.8, 4) is 0 Å². The lowest BCUT2D eigenvalue weighted by atomic mass is 9.71. The maximum Gasteiger partial charge on any atom is 0.155 e. The molecule has 148 valence electrons. The van der Waals surface area contributed by atoms with Crippen molar-refractivity contribution in [1.29, 1.82) is 5.41 Å². The predicted molar refractivity (Wildman–Crippen MR) is 112 cm³/mol. The van der Waals surface area contributed by atoms with Crippen LogP contribution in [0.2, 0.25) is 0 Å².